The number of carbonyl (C=O) groups is 2. The van der Waals surface area contributed by atoms with Crippen molar-refractivity contribution in [2.24, 2.45) is 5.92 Å². The van der Waals surface area contributed by atoms with Gasteiger partial charge in [0.2, 0.25) is 5.91 Å². The molecular formula is C18H22N2O3. The average Bonchev–Trinajstić information content (AvgIpc) is 3.23. The monoisotopic (exact) mass is 314 g/mol. The van der Waals surface area contributed by atoms with E-state index in [1.807, 2.05) is 40.1 Å². The molecule has 2 amide bonds. The van der Waals surface area contributed by atoms with Gasteiger partial charge >= 0.3 is 0 Å². The highest BCUT2D eigenvalue weighted by atomic mass is 16.5. The molecule has 1 saturated carbocycles. The van der Waals surface area contributed by atoms with Crippen LogP contribution in [0.3, 0.4) is 0 Å². The minimum Gasteiger partial charge on any atom is -0.378 e. The van der Waals surface area contributed by atoms with Gasteiger partial charge in [0.1, 0.15) is 6.04 Å². The highest BCUT2D eigenvalue weighted by Gasteiger charge is 2.52. The first-order valence-corrected chi connectivity index (χ1v) is 8.50. The SMILES string of the molecule is O=C([C@@H]1[C@H]2CC[C@@H](C2)N1C(=O)c1ccccc1)N1CCOCC1. The molecule has 0 aromatic heterocycles. The van der Waals surface area contributed by atoms with Gasteiger partial charge in [0.15, 0.2) is 0 Å². The normalized spacial score (nSPS) is 29.8. The molecule has 3 fully saturated rings. The van der Waals surface area contributed by atoms with Crippen LogP contribution >= 0.6 is 0 Å². The van der Waals surface area contributed by atoms with E-state index in [-0.39, 0.29) is 23.9 Å². The van der Waals surface area contributed by atoms with Crippen molar-refractivity contribution in [3.63, 3.8) is 0 Å². The third kappa shape index (κ3) is 2.53. The van der Waals surface area contributed by atoms with Crippen LogP contribution in [-0.4, -0.2) is 60.0 Å². The van der Waals surface area contributed by atoms with E-state index in [4.69, 9.17) is 4.74 Å². The summed E-state index contributed by atoms with van der Waals surface area (Å²) in [6.07, 6.45) is 3.05. The van der Waals surface area contributed by atoms with Crippen LogP contribution in [0.5, 0.6) is 0 Å². The molecular weight excluding hydrogens is 292 g/mol. The second kappa shape index (κ2) is 5.96. The second-order valence-corrected chi connectivity index (χ2v) is 6.69. The number of ether oxygens (including phenoxy) is 1. The molecule has 0 unspecified atom stereocenters. The highest BCUT2D eigenvalue weighted by molar-refractivity contribution is 5.98. The second-order valence-electron chi connectivity index (χ2n) is 6.69. The number of carbonyl (C=O) groups excluding carboxylic acids is 2. The van der Waals surface area contributed by atoms with E-state index >= 15 is 0 Å². The largest absolute Gasteiger partial charge is 0.378 e. The Morgan fingerprint density at radius 1 is 1.04 bits per heavy atom. The molecule has 5 heteroatoms. The number of likely N-dealkylation sites (tertiary alicyclic amines) is 1. The first-order valence-electron chi connectivity index (χ1n) is 8.50. The Kier molecular flexibility index (Phi) is 3.81. The molecule has 2 aliphatic heterocycles. The van der Waals surface area contributed by atoms with Crippen LogP contribution in [0.25, 0.3) is 0 Å². The molecule has 2 bridgehead atoms. The Balaban J connectivity index is 1.59. The van der Waals surface area contributed by atoms with E-state index in [1.54, 1.807) is 0 Å². The van der Waals surface area contributed by atoms with Crippen molar-refractivity contribution in [2.75, 3.05) is 26.3 Å². The summed E-state index contributed by atoms with van der Waals surface area (Å²) in [6.45, 7) is 2.47. The third-order valence-electron chi connectivity index (χ3n) is 5.42. The number of rotatable bonds is 2. The molecule has 3 atom stereocenters. The van der Waals surface area contributed by atoms with Crippen LogP contribution < -0.4 is 0 Å². The Morgan fingerprint density at radius 2 is 1.78 bits per heavy atom. The molecule has 2 saturated heterocycles. The molecule has 1 aliphatic carbocycles. The van der Waals surface area contributed by atoms with Gasteiger partial charge in [-0.3, -0.25) is 9.59 Å². The van der Waals surface area contributed by atoms with Crippen LogP contribution in [0.1, 0.15) is 29.6 Å². The first kappa shape index (κ1) is 14.7. The van der Waals surface area contributed by atoms with Gasteiger partial charge in [-0.05, 0) is 37.3 Å². The van der Waals surface area contributed by atoms with Gasteiger partial charge in [0, 0.05) is 24.7 Å². The average molecular weight is 314 g/mol. The number of amides is 2. The number of piperidine rings is 1. The summed E-state index contributed by atoms with van der Waals surface area (Å²) >= 11 is 0. The lowest BCUT2D eigenvalue weighted by Crippen LogP contribution is -2.55. The molecule has 5 nitrogen and oxygen atoms in total. The molecule has 3 aliphatic rings. The summed E-state index contributed by atoms with van der Waals surface area (Å²) in [5.74, 6) is 0.442. The topological polar surface area (TPSA) is 49.9 Å². The maximum Gasteiger partial charge on any atom is 0.254 e. The Hall–Kier alpha value is -1.88. The molecule has 4 rings (SSSR count). The zero-order chi connectivity index (χ0) is 15.8. The molecule has 23 heavy (non-hydrogen) atoms. The van der Waals surface area contributed by atoms with Crippen LogP contribution in [-0.2, 0) is 9.53 Å². The van der Waals surface area contributed by atoms with E-state index < -0.39 is 0 Å². The summed E-state index contributed by atoms with van der Waals surface area (Å²) in [5, 5.41) is 0. The lowest BCUT2D eigenvalue weighted by molar-refractivity contribution is -0.141. The predicted molar refractivity (Wildman–Crippen MR) is 84.9 cm³/mol. The van der Waals surface area contributed by atoms with Gasteiger partial charge in [-0.2, -0.15) is 0 Å². The number of benzene rings is 1. The number of nitrogens with zero attached hydrogens (tertiary/aromatic N) is 2. The maximum atomic E-state index is 13.0. The van der Waals surface area contributed by atoms with Crippen LogP contribution in [0.4, 0.5) is 0 Å². The number of morpholine rings is 1. The van der Waals surface area contributed by atoms with Gasteiger partial charge in [-0.25, -0.2) is 0 Å². The summed E-state index contributed by atoms with van der Waals surface area (Å²) in [7, 11) is 0. The van der Waals surface area contributed by atoms with Crippen LogP contribution in [0, 0.1) is 5.92 Å². The summed E-state index contributed by atoms with van der Waals surface area (Å²) in [4.78, 5) is 29.7. The van der Waals surface area contributed by atoms with Gasteiger partial charge in [-0.1, -0.05) is 18.2 Å². The zero-order valence-electron chi connectivity index (χ0n) is 13.2. The fourth-order valence-corrected chi connectivity index (χ4v) is 4.30. The Labute approximate surface area is 136 Å². The predicted octanol–water partition coefficient (Wildman–Crippen LogP) is 1.54. The fourth-order valence-electron chi connectivity index (χ4n) is 4.30. The molecule has 1 aromatic rings. The zero-order valence-corrected chi connectivity index (χ0v) is 13.2. The Bertz CT molecular complexity index is 598. The minimum atomic E-state index is -0.278. The summed E-state index contributed by atoms with van der Waals surface area (Å²) < 4.78 is 5.34. The quantitative estimate of drug-likeness (QED) is 0.832. The molecule has 0 spiro atoms. The molecule has 2 heterocycles. The van der Waals surface area contributed by atoms with Crippen molar-refractivity contribution in [1.29, 1.82) is 0 Å². The van der Waals surface area contributed by atoms with Gasteiger partial charge in [-0.15, -0.1) is 0 Å². The fraction of sp³-hybridized carbons (Fsp3) is 0.556. The minimum absolute atomic E-state index is 0.00408. The maximum absolute atomic E-state index is 13.0. The summed E-state index contributed by atoms with van der Waals surface area (Å²) in [5.41, 5.74) is 0.680. The van der Waals surface area contributed by atoms with Crippen molar-refractivity contribution >= 4 is 11.8 Å². The van der Waals surface area contributed by atoms with E-state index in [9.17, 15) is 9.59 Å². The number of hydrogen-bond acceptors (Lipinski definition) is 3. The lowest BCUT2D eigenvalue weighted by atomic mass is 9.96. The molecule has 1 aromatic carbocycles. The summed E-state index contributed by atoms with van der Waals surface area (Å²) in [6, 6.07) is 9.28. The molecule has 122 valence electrons. The van der Waals surface area contributed by atoms with Crippen molar-refractivity contribution < 1.29 is 14.3 Å². The van der Waals surface area contributed by atoms with Crippen LogP contribution in [0.15, 0.2) is 30.3 Å². The standard InChI is InChI=1S/C18H22N2O3/c21-17(13-4-2-1-3-5-13)20-15-7-6-14(12-15)16(20)18(22)19-8-10-23-11-9-19/h1-5,14-16H,6-12H2/t14-,15-,16-/m0/s1. The van der Waals surface area contributed by atoms with Crippen molar-refractivity contribution in [3.05, 3.63) is 35.9 Å². The first-order chi connectivity index (χ1) is 11.3. The third-order valence-corrected chi connectivity index (χ3v) is 5.42. The Morgan fingerprint density at radius 3 is 2.52 bits per heavy atom. The van der Waals surface area contributed by atoms with Crippen molar-refractivity contribution in [1.82, 2.24) is 9.80 Å². The van der Waals surface area contributed by atoms with E-state index in [1.165, 1.54) is 0 Å². The van der Waals surface area contributed by atoms with Crippen molar-refractivity contribution in [2.45, 2.75) is 31.3 Å². The smallest absolute Gasteiger partial charge is 0.254 e. The van der Waals surface area contributed by atoms with E-state index in [2.05, 4.69) is 0 Å². The van der Waals surface area contributed by atoms with E-state index in [0.29, 0.717) is 37.8 Å². The van der Waals surface area contributed by atoms with Crippen molar-refractivity contribution in [3.8, 4) is 0 Å². The highest BCUT2D eigenvalue weighted by Crippen LogP contribution is 2.43. The van der Waals surface area contributed by atoms with Crippen LogP contribution in [0.2, 0.25) is 0 Å². The molecule has 0 N–H and O–H groups in total. The van der Waals surface area contributed by atoms with Gasteiger partial charge in [0.25, 0.3) is 5.91 Å². The van der Waals surface area contributed by atoms with E-state index in [0.717, 1.165) is 19.3 Å². The van der Waals surface area contributed by atoms with Gasteiger partial charge < -0.3 is 14.5 Å². The lowest BCUT2D eigenvalue weighted by Gasteiger charge is -2.38. The molecule has 0 radical (unpaired) electrons. The number of hydrogen-bond donors (Lipinski definition) is 0. The van der Waals surface area contributed by atoms with Gasteiger partial charge in [0.05, 0.1) is 13.2 Å². The number of fused-ring (bicyclic) bond motifs is 2.